The van der Waals surface area contributed by atoms with E-state index in [-0.39, 0.29) is 23.2 Å². The molecule has 0 saturated carbocycles. The fourth-order valence-corrected chi connectivity index (χ4v) is 4.15. The zero-order chi connectivity index (χ0) is 18.9. The van der Waals surface area contributed by atoms with Crippen molar-refractivity contribution in [3.8, 4) is 0 Å². The molecular weight excluding hydrogens is 369 g/mol. The predicted molar refractivity (Wildman–Crippen MR) is 89.6 cm³/mol. The molecule has 2 aromatic rings. The summed E-state index contributed by atoms with van der Waals surface area (Å²) >= 11 is 0. The minimum atomic E-state index is -3.61. The fourth-order valence-electron chi connectivity index (χ4n) is 2.57. The van der Waals surface area contributed by atoms with Gasteiger partial charge in [0.25, 0.3) is 0 Å². The van der Waals surface area contributed by atoms with Crippen LogP contribution in [0, 0.1) is 17.5 Å². The molecule has 1 N–H and O–H groups in total. The van der Waals surface area contributed by atoms with Crippen molar-refractivity contribution in [3.63, 3.8) is 0 Å². The first-order chi connectivity index (χ1) is 12.3. The summed E-state index contributed by atoms with van der Waals surface area (Å²) in [7, 11) is -2.08. The summed E-state index contributed by atoms with van der Waals surface area (Å²) in [6, 6.07) is 7.91. The Morgan fingerprint density at radius 1 is 1.15 bits per heavy atom. The normalized spacial score (nSPS) is 15.7. The van der Waals surface area contributed by atoms with Crippen molar-refractivity contribution in [2.75, 3.05) is 25.5 Å². The second-order valence-electron chi connectivity index (χ2n) is 5.93. The van der Waals surface area contributed by atoms with E-state index in [0.29, 0.717) is 18.7 Å². The maximum Gasteiger partial charge on any atom is 0.243 e. The lowest BCUT2D eigenvalue weighted by Gasteiger charge is -2.36. The first kappa shape index (κ1) is 18.7. The Kier molecular flexibility index (Phi) is 5.22. The third-order valence-corrected chi connectivity index (χ3v) is 5.99. The minimum Gasteiger partial charge on any atom is -0.381 e. The average Bonchev–Trinajstić information content (AvgIpc) is 2.57. The van der Waals surface area contributed by atoms with E-state index in [0.717, 1.165) is 12.1 Å². The Labute approximate surface area is 149 Å². The van der Waals surface area contributed by atoms with Crippen LogP contribution >= 0.6 is 0 Å². The van der Waals surface area contributed by atoms with Gasteiger partial charge in [-0.25, -0.2) is 21.6 Å². The van der Waals surface area contributed by atoms with Crippen LogP contribution in [0.2, 0.25) is 0 Å². The molecule has 9 heteroatoms. The van der Waals surface area contributed by atoms with E-state index >= 15 is 0 Å². The number of nitrogens with one attached hydrogen (secondary N) is 1. The maximum atomic E-state index is 13.2. The van der Waals surface area contributed by atoms with Crippen LogP contribution in [0.5, 0.6) is 0 Å². The van der Waals surface area contributed by atoms with E-state index in [1.54, 1.807) is 12.1 Å². The second kappa shape index (κ2) is 7.26. The van der Waals surface area contributed by atoms with Gasteiger partial charge < -0.3 is 10.1 Å². The Bertz CT molecular complexity index is 892. The van der Waals surface area contributed by atoms with Crippen LogP contribution in [0.4, 0.5) is 18.9 Å². The minimum absolute atomic E-state index is 0.0559. The molecule has 3 rings (SSSR count). The highest BCUT2D eigenvalue weighted by molar-refractivity contribution is 7.89. The van der Waals surface area contributed by atoms with E-state index in [9.17, 15) is 21.6 Å². The van der Waals surface area contributed by atoms with Gasteiger partial charge in [-0.3, -0.25) is 0 Å². The maximum absolute atomic E-state index is 13.2. The number of hydrogen-bond acceptors (Lipinski definition) is 4. The molecule has 0 radical (unpaired) electrons. The first-order valence-electron chi connectivity index (χ1n) is 7.81. The van der Waals surface area contributed by atoms with Crippen LogP contribution in [0.25, 0.3) is 0 Å². The molecule has 1 heterocycles. The van der Waals surface area contributed by atoms with E-state index < -0.39 is 27.5 Å². The Morgan fingerprint density at radius 3 is 2.42 bits per heavy atom. The first-order valence-corrected chi connectivity index (χ1v) is 9.25. The number of benzene rings is 2. The van der Waals surface area contributed by atoms with Crippen LogP contribution in [-0.2, 0) is 21.3 Å². The Hall–Kier alpha value is -2.10. The van der Waals surface area contributed by atoms with Gasteiger partial charge in [0.2, 0.25) is 10.0 Å². The van der Waals surface area contributed by atoms with Gasteiger partial charge >= 0.3 is 0 Å². The van der Waals surface area contributed by atoms with Crippen LogP contribution in [0.1, 0.15) is 5.56 Å². The van der Waals surface area contributed by atoms with Crippen molar-refractivity contribution in [2.24, 2.45) is 0 Å². The van der Waals surface area contributed by atoms with Gasteiger partial charge in [-0.2, -0.15) is 4.31 Å². The predicted octanol–water partition coefficient (Wildman–Crippen LogP) is 2.74. The third-order valence-electron chi connectivity index (χ3n) is 4.16. The summed E-state index contributed by atoms with van der Waals surface area (Å²) in [6.45, 7) is 0.722. The van der Waals surface area contributed by atoms with Gasteiger partial charge in [0.15, 0.2) is 17.5 Å². The molecule has 0 bridgehead atoms. The molecular formula is C17H17F3N2O3S. The molecule has 1 aliphatic heterocycles. The van der Waals surface area contributed by atoms with Crippen molar-refractivity contribution >= 4 is 15.7 Å². The average molecular weight is 386 g/mol. The quantitative estimate of drug-likeness (QED) is 0.776. The number of methoxy groups -OCH3 is 1. The third kappa shape index (κ3) is 3.69. The zero-order valence-corrected chi connectivity index (χ0v) is 14.7. The van der Waals surface area contributed by atoms with Gasteiger partial charge in [0, 0.05) is 44.6 Å². The summed E-state index contributed by atoms with van der Waals surface area (Å²) in [6.07, 6.45) is -0.0992. The molecule has 0 aliphatic carbocycles. The van der Waals surface area contributed by atoms with Crippen LogP contribution < -0.4 is 5.32 Å². The SMILES string of the molecule is COC1CN(S(=O)(=O)c2cccc(CNc3cc(F)c(F)c(F)c3)c2)C1. The molecule has 2 aromatic carbocycles. The number of ether oxygens (including phenoxy) is 1. The number of sulfonamides is 1. The lowest BCUT2D eigenvalue weighted by molar-refractivity contribution is 0.0125. The summed E-state index contributed by atoms with van der Waals surface area (Å²) in [5.74, 6) is -4.13. The van der Waals surface area contributed by atoms with Crippen molar-refractivity contribution in [2.45, 2.75) is 17.5 Å². The standard InChI is InChI=1S/C17H17F3N2O3S/c1-25-13-9-22(10-13)26(23,24)14-4-2-3-11(5-14)8-21-12-6-15(18)17(20)16(19)7-12/h2-7,13,21H,8-10H2,1H3. The topological polar surface area (TPSA) is 58.6 Å². The molecule has 140 valence electrons. The monoisotopic (exact) mass is 386 g/mol. The van der Waals surface area contributed by atoms with E-state index in [2.05, 4.69) is 5.32 Å². The Morgan fingerprint density at radius 2 is 1.81 bits per heavy atom. The molecule has 0 amide bonds. The highest BCUT2D eigenvalue weighted by atomic mass is 32.2. The summed E-state index contributed by atoms with van der Waals surface area (Å²) in [5.41, 5.74) is 0.653. The van der Waals surface area contributed by atoms with Gasteiger partial charge in [0.1, 0.15) is 0 Å². The highest BCUT2D eigenvalue weighted by Crippen LogP contribution is 2.24. The molecule has 1 saturated heterocycles. The van der Waals surface area contributed by atoms with Crippen LogP contribution in [0.3, 0.4) is 0 Å². The van der Waals surface area contributed by atoms with E-state index in [1.165, 1.54) is 23.5 Å². The lowest BCUT2D eigenvalue weighted by Crippen LogP contribution is -2.54. The molecule has 0 aromatic heterocycles. The fraction of sp³-hybridized carbons (Fsp3) is 0.294. The zero-order valence-electron chi connectivity index (χ0n) is 13.9. The smallest absolute Gasteiger partial charge is 0.243 e. The van der Waals surface area contributed by atoms with Gasteiger partial charge in [-0.05, 0) is 17.7 Å². The highest BCUT2D eigenvalue weighted by Gasteiger charge is 2.36. The molecule has 26 heavy (non-hydrogen) atoms. The van der Waals surface area contributed by atoms with Crippen molar-refractivity contribution < 1.29 is 26.3 Å². The van der Waals surface area contributed by atoms with Gasteiger partial charge in [-0.15, -0.1) is 0 Å². The number of halogens is 3. The van der Waals surface area contributed by atoms with E-state index in [1.807, 2.05) is 0 Å². The van der Waals surface area contributed by atoms with Crippen molar-refractivity contribution in [1.82, 2.24) is 4.31 Å². The van der Waals surface area contributed by atoms with Crippen molar-refractivity contribution in [1.29, 1.82) is 0 Å². The number of anilines is 1. The molecule has 0 unspecified atom stereocenters. The Balaban J connectivity index is 1.72. The molecule has 0 atom stereocenters. The number of hydrogen-bond donors (Lipinski definition) is 1. The molecule has 1 aliphatic rings. The summed E-state index contributed by atoms with van der Waals surface area (Å²) in [4.78, 5) is 0.128. The second-order valence-corrected chi connectivity index (χ2v) is 7.87. The number of nitrogens with zero attached hydrogens (tertiary/aromatic N) is 1. The van der Waals surface area contributed by atoms with Crippen LogP contribution in [-0.4, -0.2) is 39.0 Å². The van der Waals surface area contributed by atoms with Crippen LogP contribution in [0.15, 0.2) is 41.3 Å². The van der Waals surface area contributed by atoms with Gasteiger partial charge in [-0.1, -0.05) is 12.1 Å². The van der Waals surface area contributed by atoms with E-state index in [4.69, 9.17) is 4.74 Å². The van der Waals surface area contributed by atoms with Crippen molar-refractivity contribution in [3.05, 3.63) is 59.4 Å². The summed E-state index contributed by atoms with van der Waals surface area (Å²) in [5, 5.41) is 2.75. The molecule has 5 nitrogen and oxygen atoms in total. The summed E-state index contributed by atoms with van der Waals surface area (Å²) < 4.78 is 70.9. The van der Waals surface area contributed by atoms with Gasteiger partial charge in [0.05, 0.1) is 11.0 Å². The lowest BCUT2D eigenvalue weighted by atomic mass is 10.2. The number of rotatable bonds is 6. The largest absolute Gasteiger partial charge is 0.381 e. The molecule has 0 spiro atoms. The molecule has 1 fully saturated rings.